The van der Waals surface area contributed by atoms with E-state index in [1.807, 2.05) is 19.2 Å². The molecule has 10 heteroatoms. The third-order valence-corrected chi connectivity index (χ3v) is 6.66. The van der Waals surface area contributed by atoms with E-state index in [0.717, 1.165) is 60.9 Å². The van der Waals surface area contributed by atoms with Crippen LogP contribution in [0.4, 0.5) is 0 Å². The number of nitrogens with one attached hydrogen (secondary N) is 2. The number of carbonyl (C=O) groups is 1. The summed E-state index contributed by atoms with van der Waals surface area (Å²) < 4.78 is 13.1. The lowest BCUT2D eigenvalue weighted by atomic mass is 9.88. The highest BCUT2D eigenvalue weighted by molar-refractivity contribution is 5.95. The minimum Gasteiger partial charge on any atom is -0.380 e. The Morgan fingerprint density at radius 2 is 2.21 bits per heavy atom. The van der Waals surface area contributed by atoms with Crippen molar-refractivity contribution in [2.24, 2.45) is 5.41 Å². The normalized spacial score (nSPS) is 20.6. The number of pyridine rings is 1. The predicted octanol–water partition coefficient (Wildman–Crippen LogP) is 2.02. The number of fused-ring (bicyclic) bond motifs is 1. The summed E-state index contributed by atoms with van der Waals surface area (Å²) in [6.07, 6.45) is 3.40. The molecule has 2 fully saturated rings. The Bertz CT molecular complexity index is 1180. The molecule has 0 spiro atoms. The molecule has 2 aliphatic heterocycles. The molecule has 1 amide bonds. The molecule has 2 aliphatic rings. The summed E-state index contributed by atoms with van der Waals surface area (Å²) in [6.45, 7) is 13.9. The van der Waals surface area contributed by atoms with Crippen molar-refractivity contribution in [3.63, 3.8) is 0 Å². The van der Waals surface area contributed by atoms with E-state index in [4.69, 9.17) is 9.47 Å². The summed E-state index contributed by atoms with van der Waals surface area (Å²) in [5.74, 6) is -0.0609. The number of carbonyl (C=O) groups excluding carboxylic acids is 1. The topological polar surface area (TPSA) is 110 Å². The van der Waals surface area contributed by atoms with Gasteiger partial charge in [-0.1, -0.05) is 20.8 Å². The van der Waals surface area contributed by atoms with Gasteiger partial charge in [0.05, 0.1) is 31.6 Å². The van der Waals surface area contributed by atoms with Crippen LogP contribution in [0.25, 0.3) is 16.9 Å². The summed E-state index contributed by atoms with van der Waals surface area (Å²) in [5.41, 5.74) is 5.08. The molecular weight excluding hydrogens is 434 g/mol. The van der Waals surface area contributed by atoms with E-state index >= 15 is 0 Å². The van der Waals surface area contributed by atoms with Crippen LogP contribution in [0, 0.1) is 12.3 Å². The molecular formula is C24H33N7O3. The van der Waals surface area contributed by atoms with Crippen molar-refractivity contribution in [1.29, 1.82) is 0 Å². The maximum absolute atomic E-state index is 13.2. The van der Waals surface area contributed by atoms with Gasteiger partial charge in [0, 0.05) is 48.9 Å². The Balaban J connectivity index is 1.29. The third kappa shape index (κ3) is 4.45. The average molecular weight is 468 g/mol. The molecule has 5 rings (SSSR count). The lowest BCUT2D eigenvalue weighted by Crippen LogP contribution is -2.54. The maximum Gasteiger partial charge on any atom is 0.269 e. The highest BCUT2D eigenvalue weighted by Crippen LogP contribution is 2.31. The van der Waals surface area contributed by atoms with E-state index in [9.17, 15) is 4.79 Å². The van der Waals surface area contributed by atoms with Gasteiger partial charge >= 0.3 is 0 Å². The Morgan fingerprint density at radius 1 is 1.38 bits per heavy atom. The summed E-state index contributed by atoms with van der Waals surface area (Å²) in [4.78, 5) is 19.9. The molecule has 2 saturated heterocycles. The van der Waals surface area contributed by atoms with Crippen LogP contribution in [0.3, 0.4) is 0 Å². The van der Waals surface area contributed by atoms with Gasteiger partial charge in [0.25, 0.3) is 5.91 Å². The van der Waals surface area contributed by atoms with E-state index in [0.29, 0.717) is 18.8 Å². The van der Waals surface area contributed by atoms with Gasteiger partial charge in [-0.15, -0.1) is 0 Å². The zero-order valence-corrected chi connectivity index (χ0v) is 20.3. The second-order valence-electron chi connectivity index (χ2n) is 10.2. The van der Waals surface area contributed by atoms with Crippen LogP contribution in [0.5, 0.6) is 0 Å². The second-order valence-corrected chi connectivity index (χ2v) is 10.2. The van der Waals surface area contributed by atoms with Gasteiger partial charge in [0.2, 0.25) is 0 Å². The van der Waals surface area contributed by atoms with E-state index in [-0.39, 0.29) is 23.3 Å². The minimum absolute atomic E-state index is 0.0374. The first kappa shape index (κ1) is 22.9. The quantitative estimate of drug-likeness (QED) is 0.547. The van der Waals surface area contributed by atoms with Crippen molar-refractivity contribution in [2.45, 2.75) is 39.7 Å². The molecule has 3 aromatic heterocycles. The predicted molar refractivity (Wildman–Crippen MR) is 127 cm³/mol. The van der Waals surface area contributed by atoms with Gasteiger partial charge in [0.15, 0.2) is 5.65 Å². The van der Waals surface area contributed by atoms with E-state index in [1.165, 1.54) is 6.33 Å². The fourth-order valence-corrected chi connectivity index (χ4v) is 4.95. The number of morpholine rings is 1. The van der Waals surface area contributed by atoms with Crippen LogP contribution < -0.4 is 5.32 Å². The standard InChI is InChI=1S/C24H33N7O3/c1-15(2)19-20(17-7-16(3)22-26-14-27-31(22)9-17)28-29-21(19)23(32)25-8-18-10-30(5-6-34-18)11-24(4)12-33-13-24/h7,9,14-15,18H,5-6,8,10-13H2,1-4H3,(H,25,32)(H,28,29). The second kappa shape index (κ2) is 9.09. The molecule has 0 aromatic carbocycles. The first-order valence-electron chi connectivity index (χ1n) is 11.9. The molecule has 3 aromatic rings. The molecule has 182 valence electrons. The highest BCUT2D eigenvalue weighted by atomic mass is 16.5. The zero-order valence-electron chi connectivity index (χ0n) is 20.3. The smallest absolute Gasteiger partial charge is 0.269 e. The van der Waals surface area contributed by atoms with E-state index in [2.05, 4.69) is 51.3 Å². The summed E-state index contributed by atoms with van der Waals surface area (Å²) >= 11 is 0. The van der Waals surface area contributed by atoms with Gasteiger partial charge < -0.3 is 14.8 Å². The number of H-pyrrole nitrogens is 1. The molecule has 0 bridgehead atoms. The Labute approximate surface area is 199 Å². The Hall–Kier alpha value is -2.82. The van der Waals surface area contributed by atoms with E-state index < -0.39 is 0 Å². The van der Waals surface area contributed by atoms with Crippen molar-refractivity contribution in [2.75, 3.05) is 46.0 Å². The molecule has 1 atom stereocenters. The summed E-state index contributed by atoms with van der Waals surface area (Å²) in [5, 5.41) is 14.8. The van der Waals surface area contributed by atoms with Crippen molar-refractivity contribution in [3.05, 3.63) is 35.4 Å². The molecule has 5 heterocycles. The highest BCUT2D eigenvalue weighted by Gasteiger charge is 2.36. The van der Waals surface area contributed by atoms with Gasteiger partial charge in [-0.05, 0) is 24.5 Å². The van der Waals surface area contributed by atoms with Crippen LogP contribution in [-0.2, 0) is 9.47 Å². The van der Waals surface area contributed by atoms with Crippen LogP contribution >= 0.6 is 0 Å². The maximum atomic E-state index is 13.2. The molecule has 2 N–H and O–H groups in total. The number of hydrogen-bond acceptors (Lipinski definition) is 7. The van der Waals surface area contributed by atoms with Gasteiger partial charge in [-0.25, -0.2) is 9.50 Å². The number of nitrogens with zero attached hydrogens (tertiary/aromatic N) is 5. The van der Waals surface area contributed by atoms with Crippen molar-refractivity contribution in [3.8, 4) is 11.3 Å². The number of rotatable bonds is 7. The van der Waals surface area contributed by atoms with Crippen molar-refractivity contribution in [1.82, 2.24) is 35.0 Å². The van der Waals surface area contributed by atoms with Gasteiger partial charge in [-0.2, -0.15) is 10.2 Å². The Morgan fingerprint density at radius 3 is 2.94 bits per heavy atom. The molecule has 1 unspecified atom stereocenters. The number of aryl methyl sites for hydroxylation is 1. The fourth-order valence-electron chi connectivity index (χ4n) is 4.95. The summed E-state index contributed by atoms with van der Waals surface area (Å²) in [7, 11) is 0. The number of aromatic nitrogens is 5. The molecule has 0 saturated carbocycles. The van der Waals surface area contributed by atoms with Gasteiger partial charge in [-0.3, -0.25) is 14.8 Å². The van der Waals surface area contributed by atoms with Crippen molar-refractivity contribution >= 4 is 11.6 Å². The molecule has 0 aliphatic carbocycles. The third-order valence-electron chi connectivity index (χ3n) is 6.66. The summed E-state index contributed by atoms with van der Waals surface area (Å²) in [6, 6.07) is 2.03. The number of amides is 1. The first-order valence-corrected chi connectivity index (χ1v) is 11.9. The minimum atomic E-state index is -0.166. The lowest BCUT2D eigenvalue weighted by Gasteiger charge is -2.44. The zero-order chi connectivity index (χ0) is 23.9. The van der Waals surface area contributed by atoms with Crippen LogP contribution in [0.15, 0.2) is 18.6 Å². The van der Waals surface area contributed by atoms with Gasteiger partial charge in [0.1, 0.15) is 12.0 Å². The number of aromatic amines is 1. The van der Waals surface area contributed by atoms with Crippen LogP contribution in [0.1, 0.15) is 48.3 Å². The average Bonchev–Trinajstić information content (AvgIpc) is 3.44. The molecule has 34 heavy (non-hydrogen) atoms. The van der Waals surface area contributed by atoms with Crippen LogP contribution in [-0.4, -0.2) is 87.7 Å². The first-order chi connectivity index (χ1) is 16.3. The Kier molecular flexibility index (Phi) is 6.13. The lowest BCUT2D eigenvalue weighted by molar-refractivity contribution is -0.128. The molecule has 0 radical (unpaired) electrons. The largest absolute Gasteiger partial charge is 0.380 e. The number of ether oxygens (including phenoxy) is 2. The SMILES string of the molecule is Cc1cc(-c2n[nH]c(C(=O)NCC3CN(CC4(C)COC4)CCO3)c2C(C)C)cn2ncnc12. The monoisotopic (exact) mass is 467 g/mol. The van der Waals surface area contributed by atoms with E-state index in [1.54, 1.807) is 4.52 Å². The van der Waals surface area contributed by atoms with Crippen molar-refractivity contribution < 1.29 is 14.3 Å². The molecule has 10 nitrogen and oxygen atoms in total. The van der Waals surface area contributed by atoms with Crippen LogP contribution in [0.2, 0.25) is 0 Å². The number of hydrogen-bond donors (Lipinski definition) is 2. The fraction of sp³-hybridized carbons (Fsp3) is 0.583.